The van der Waals surface area contributed by atoms with E-state index >= 15 is 0 Å². The topological polar surface area (TPSA) is 73.2 Å². The lowest BCUT2D eigenvalue weighted by molar-refractivity contribution is -0.134. The highest BCUT2D eigenvalue weighted by Gasteiger charge is 2.22. The van der Waals surface area contributed by atoms with Crippen molar-refractivity contribution in [3.8, 4) is 6.07 Å². The third-order valence-corrected chi connectivity index (χ3v) is 3.34. The number of likely N-dealkylation sites (N-methyl/N-ethyl adjacent to an activating group) is 1. The van der Waals surface area contributed by atoms with Gasteiger partial charge < -0.3 is 10.2 Å². The maximum atomic E-state index is 12.4. The molecule has 0 radical (unpaired) electrons. The lowest BCUT2D eigenvalue weighted by Crippen LogP contribution is -2.39. The molecule has 0 aromatic heterocycles. The Bertz CT molecular complexity index is 761. The van der Waals surface area contributed by atoms with Crippen molar-refractivity contribution in [2.75, 3.05) is 16.8 Å². The van der Waals surface area contributed by atoms with Crippen molar-refractivity contribution in [3.05, 3.63) is 59.7 Å². The summed E-state index contributed by atoms with van der Waals surface area (Å²) in [6.07, 6.45) is 0. The van der Waals surface area contributed by atoms with Crippen LogP contribution in [0.25, 0.3) is 0 Å². The van der Waals surface area contributed by atoms with Crippen LogP contribution in [0.3, 0.4) is 0 Å². The lowest BCUT2D eigenvalue weighted by atomic mass is 10.2. The summed E-state index contributed by atoms with van der Waals surface area (Å²) in [5, 5.41) is 11.3. The Morgan fingerprint density at radius 1 is 1.17 bits per heavy atom. The number of carbonyl (C=O) groups is 2. The molecule has 2 aromatic carbocycles. The number of nitrogens with one attached hydrogen (secondary N) is 1. The summed E-state index contributed by atoms with van der Waals surface area (Å²) in [6.45, 7) is 4.14. The molecule has 2 rings (SSSR count). The van der Waals surface area contributed by atoms with Gasteiger partial charge in [-0.25, -0.2) is 0 Å². The third-order valence-electron chi connectivity index (χ3n) is 3.34. The molecule has 1 N–H and O–H groups in total. The van der Waals surface area contributed by atoms with E-state index < -0.39 is 11.8 Å². The van der Waals surface area contributed by atoms with Gasteiger partial charge in [0, 0.05) is 17.9 Å². The number of amides is 2. The van der Waals surface area contributed by atoms with Crippen LogP contribution in [-0.4, -0.2) is 18.4 Å². The second-order valence-electron chi connectivity index (χ2n) is 5.03. The Morgan fingerprint density at radius 3 is 2.43 bits per heavy atom. The molecule has 0 aliphatic heterocycles. The van der Waals surface area contributed by atoms with Gasteiger partial charge in [-0.15, -0.1) is 0 Å². The summed E-state index contributed by atoms with van der Waals surface area (Å²) < 4.78 is 0. The Kier molecular flexibility index (Phi) is 5.11. The van der Waals surface area contributed by atoms with E-state index in [9.17, 15) is 9.59 Å². The molecular formula is C18H17N3O2. The van der Waals surface area contributed by atoms with E-state index in [1.165, 1.54) is 4.90 Å². The van der Waals surface area contributed by atoms with Gasteiger partial charge in [0.1, 0.15) is 0 Å². The van der Waals surface area contributed by atoms with Gasteiger partial charge in [-0.2, -0.15) is 5.26 Å². The Morgan fingerprint density at radius 2 is 1.87 bits per heavy atom. The number of hydrogen-bond donors (Lipinski definition) is 1. The van der Waals surface area contributed by atoms with Crippen LogP contribution in [0.15, 0.2) is 48.5 Å². The largest absolute Gasteiger partial charge is 0.318 e. The zero-order valence-electron chi connectivity index (χ0n) is 13.0. The van der Waals surface area contributed by atoms with E-state index in [4.69, 9.17) is 5.26 Å². The van der Waals surface area contributed by atoms with Gasteiger partial charge in [0.25, 0.3) is 0 Å². The van der Waals surface area contributed by atoms with Crippen molar-refractivity contribution in [2.45, 2.75) is 13.8 Å². The molecule has 0 aliphatic carbocycles. The molecule has 5 nitrogen and oxygen atoms in total. The summed E-state index contributed by atoms with van der Waals surface area (Å²) in [5.41, 5.74) is 2.67. The molecular weight excluding hydrogens is 290 g/mol. The zero-order valence-corrected chi connectivity index (χ0v) is 13.0. The predicted octanol–water partition coefficient (Wildman–Crippen LogP) is 2.86. The van der Waals surface area contributed by atoms with Gasteiger partial charge in [0.2, 0.25) is 0 Å². The predicted molar refractivity (Wildman–Crippen MR) is 89.0 cm³/mol. The standard InChI is InChI=1S/C18H17N3O2/c1-3-21(16-6-4-5-13(2)11-16)18(23)17(22)20-15-9-7-14(12-19)8-10-15/h4-11H,3H2,1-2H3,(H,20,22). The molecule has 0 saturated carbocycles. The van der Waals surface area contributed by atoms with Crippen LogP contribution < -0.4 is 10.2 Å². The summed E-state index contributed by atoms with van der Waals surface area (Å²) in [7, 11) is 0. The molecule has 0 heterocycles. The van der Waals surface area contributed by atoms with Gasteiger partial charge in [0.05, 0.1) is 11.6 Å². The third kappa shape index (κ3) is 3.95. The van der Waals surface area contributed by atoms with Gasteiger partial charge in [-0.05, 0) is 55.8 Å². The monoisotopic (exact) mass is 307 g/mol. The summed E-state index contributed by atoms with van der Waals surface area (Å²) in [6, 6.07) is 15.8. The first-order valence-corrected chi connectivity index (χ1v) is 7.25. The van der Waals surface area contributed by atoms with Crippen LogP contribution in [0.2, 0.25) is 0 Å². The van der Waals surface area contributed by atoms with E-state index in [-0.39, 0.29) is 0 Å². The molecule has 0 aliphatic rings. The van der Waals surface area contributed by atoms with E-state index in [1.807, 2.05) is 38.1 Å². The fourth-order valence-corrected chi connectivity index (χ4v) is 2.17. The summed E-state index contributed by atoms with van der Waals surface area (Å²) >= 11 is 0. The van der Waals surface area contributed by atoms with Gasteiger partial charge in [-0.3, -0.25) is 9.59 Å². The SMILES string of the molecule is CCN(C(=O)C(=O)Nc1ccc(C#N)cc1)c1cccc(C)c1. The van der Waals surface area contributed by atoms with Crippen LogP contribution in [-0.2, 0) is 9.59 Å². The number of carbonyl (C=O) groups excluding carboxylic acids is 2. The minimum absolute atomic E-state index is 0.392. The maximum Gasteiger partial charge on any atom is 0.316 e. The number of hydrogen-bond acceptors (Lipinski definition) is 3. The molecule has 0 atom stereocenters. The van der Waals surface area contributed by atoms with Gasteiger partial charge in [-0.1, -0.05) is 12.1 Å². The minimum Gasteiger partial charge on any atom is -0.318 e. The Balaban J connectivity index is 2.13. The minimum atomic E-state index is -0.710. The number of aryl methyl sites for hydroxylation is 1. The first kappa shape index (κ1) is 16.2. The molecule has 23 heavy (non-hydrogen) atoms. The average molecular weight is 307 g/mol. The molecule has 0 unspecified atom stereocenters. The first-order valence-electron chi connectivity index (χ1n) is 7.25. The lowest BCUT2D eigenvalue weighted by Gasteiger charge is -2.20. The van der Waals surface area contributed by atoms with Crippen LogP contribution >= 0.6 is 0 Å². The highest BCUT2D eigenvalue weighted by Crippen LogP contribution is 2.16. The number of rotatable bonds is 3. The van der Waals surface area contributed by atoms with Crippen molar-refractivity contribution in [3.63, 3.8) is 0 Å². The van der Waals surface area contributed by atoms with Crippen molar-refractivity contribution < 1.29 is 9.59 Å². The van der Waals surface area contributed by atoms with E-state index in [1.54, 1.807) is 30.3 Å². The number of nitrogens with zero attached hydrogens (tertiary/aromatic N) is 2. The highest BCUT2D eigenvalue weighted by atomic mass is 16.2. The smallest absolute Gasteiger partial charge is 0.316 e. The number of benzene rings is 2. The van der Waals surface area contributed by atoms with Gasteiger partial charge in [0.15, 0.2) is 0 Å². The fourth-order valence-electron chi connectivity index (χ4n) is 2.17. The van der Waals surface area contributed by atoms with Crippen molar-refractivity contribution >= 4 is 23.2 Å². The number of anilines is 2. The Hall–Kier alpha value is -3.13. The van der Waals surface area contributed by atoms with Crippen molar-refractivity contribution in [1.82, 2.24) is 0 Å². The summed E-state index contributed by atoms with van der Waals surface area (Å²) in [5.74, 6) is -1.33. The van der Waals surface area contributed by atoms with Crippen molar-refractivity contribution in [1.29, 1.82) is 5.26 Å². The molecule has 0 fully saturated rings. The molecule has 116 valence electrons. The van der Waals surface area contributed by atoms with Crippen LogP contribution in [0.1, 0.15) is 18.1 Å². The quantitative estimate of drug-likeness (QED) is 0.886. The van der Waals surface area contributed by atoms with E-state index in [0.717, 1.165) is 5.56 Å². The van der Waals surface area contributed by atoms with Crippen LogP contribution in [0.5, 0.6) is 0 Å². The zero-order chi connectivity index (χ0) is 16.8. The highest BCUT2D eigenvalue weighted by molar-refractivity contribution is 6.44. The van der Waals surface area contributed by atoms with Gasteiger partial charge >= 0.3 is 11.8 Å². The molecule has 2 aromatic rings. The molecule has 5 heteroatoms. The van der Waals surface area contributed by atoms with Crippen LogP contribution in [0.4, 0.5) is 11.4 Å². The van der Waals surface area contributed by atoms with E-state index in [0.29, 0.717) is 23.5 Å². The molecule has 0 bridgehead atoms. The van der Waals surface area contributed by atoms with Crippen molar-refractivity contribution in [2.24, 2.45) is 0 Å². The Labute approximate surface area is 135 Å². The number of nitriles is 1. The molecule has 0 spiro atoms. The second-order valence-corrected chi connectivity index (χ2v) is 5.03. The summed E-state index contributed by atoms with van der Waals surface area (Å²) in [4.78, 5) is 26.0. The average Bonchev–Trinajstić information content (AvgIpc) is 2.56. The maximum absolute atomic E-state index is 12.4. The van der Waals surface area contributed by atoms with Crippen LogP contribution in [0, 0.1) is 18.3 Å². The second kappa shape index (κ2) is 7.23. The fraction of sp³-hybridized carbons (Fsp3) is 0.167. The van der Waals surface area contributed by atoms with E-state index in [2.05, 4.69) is 5.32 Å². The molecule has 2 amide bonds. The first-order chi connectivity index (χ1) is 11.0. The molecule has 0 saturated heterocycles. The normalized spacial score (nSPS) is 9.78.